The third-order valence-electron chi connectivity index (χ3n) is 0.619. The van der Waals surface area contributed by atoms with Crippen molar-refractivity contribution in [2.24, 2.45) is 0 Å². The minimum Gasteiger partial charge on any atom is -0.371 e. The number of hydroxylamine groups is 1. The summed E-state index contributed by atoms with van der Waals surface area (Å²) in [4.78, 5) is 14.7. The third-order valence-corrected chi connectivity index (χ3v) is 0.619. The van der Waals surface area contributed by atoms with Crippen molar-refractivity contribution in [3.8, 4) is 0 Å². The normalized spacial score (nSPS) is 7.78. The number of rotatable bonds is 3. The van der Waals surface area contributed by atoms with Crippen LogP contribution in [0.25, 0.3) is 0 Å². The number of carbonyl (C=O) groups is 1. The van der Waals surface area contributed by atoms with Crippen LogP contribution in [-0.4, -0.2) is 12.5 Å². The average Bonchev–Trinajstić information content (AvgIpc) is 1.83. The van der Waals surface area contributed by atoms with Crippen LogP contribution in [0, 0.1) is 0 Å². The Bertz CT molecular complexity index is 77.4. The first-order valence-electron chi connectivity index (χ1n) is 2.73. The van der Waals surface area contributed by atoms with Gasteiger partial charge in [-0.15, -0.1) is 12.4 Å². The zero-order valence-electron chi connectivity index (χ0n) is 5.64. The molecule has 0 bridgehead atoms. The molecule has 0 atom stereocenters. The van der Waals surface area contributed by atoms with Gasteiger partial charge in [-0.2, -0.15) is 5.48 Å². The summed E-state index contributed by atoms with van der Waals surface area (Å²) < 4.78 is 0. The summed E-state index contributed by atoms with van der Waals surface area (Å²) in [6, 6.07) is 0. The Kier molecular flexibility index (Phi) is 9.87. The molecule has 4 heteroatoms. The van der Waals surface area contributed by atoms with E-state index >= 15 is 0 Å². The number of hydrogen-bond donors (Lipinski definition) is 1. The van der Waals surface area contributed by atoms with E-state index in [0.717, 1.165) is 0 Å². The highest BCUT2D eigenvalue weighted by atomic mass is 35.5. The van der Waals surface area contributed by atoms with Gasteiger partial charge >= 0.3 is 5.97 Å². The van der Waals surface area contributed by atoms with Gasteiger partial charge in [0.05, 0.1) is 0 Å². The lowest BCUT2D eigenvalue weighted by molar-refractivity contribution is -0.150. The van der Waals surface area contributed by atoms with E-state index in [1.807, 2.05) is 6.92 Å². The summed E-state index contributed by atoms with van der Waals surface area (Å²) in [5, 5.41) is 0. The molecule has 0 aromatic heterocycles. The van der Waals surface area contributed by atoms with Crippen molar-refractivity contribution < 1.29 is 9.63 Å². The molecular formula is C5H12ClNO2. The van der Waals surface area contributed by atoms with E-state index in [1.54, 1.807) is 6.92 Å². The van der Waals surface area contributed by atoms with E-state index in [0.29, 0.717) is 13.0 Å². The molecule has 0 aromatic rings. The summed E-state index contributed by atoms with van der Waals surface area (Å²) in [7, 11) is 0. The van der Waals surface area contributed by atoms with Crippen molar-refractivity contribution in [2.45, 2.75) is 20.3 Å². The number of halogens is 1. The van der Waals surface area contributed by atoms with Crippen molar-refractivity contribution in [3.63, 3.8) is 0 Å². The monoisotopic (exact) mass is 153 g/mol. The standard InChI is InChI=1S/C5H11NO2.ClH/c1-3-5(7)8-6-4-2;/h6H,3-4H2,1-2H3;1H. The van der Waals surface area contributed by atoms with Crippen LogP contribution in [0.4, 0.5) is 0 Å². The SMILES string of the molecule is CCNOC(=O)CC.Cl. The number of hydrogen-bond acceptors (Lipinski definition) is 3. The predicted octanol–water partition coefficient (Wildman–Crippen LogP) is 0.886. The summed E-state index contributed by atoms with van der Waals surface area (Å²) in [6.45, 7) is 4.27. The maximum absolute atomic E-state index is 10.3. The van der Waals surface area contributed by atoms with Gasteiger partial charge < -0.3 is 4.84 Å². The van der Waals surface area contributed by atoms with Crippen molar-refractivity contribution in [1.82, 2.24) is 5.48 Å². The molecule has 9 heavy (non-hydrogen) atoms. The lowest BCUT2D eigenvalue weighted by Gasteiger charge is -1.98. The van der Waals surface area contributed by atoms with Crippen LogP contribution in [-0.2, 0) is 9.63 Å². The highest BCUT2D eigenvalue weighted by Crippen LogP contribution is 1.77. The molecule has 0 radical (unpaired) electrons. The van der Waals surface area contributed by atoms with E-state index in [-0.39, 0.29) is 18.4 Å². The Morgan fingerprint density at radius 2 is 2.11 bits per heavy atom. The Morgan fingerprint density at radius 1 is 1.56 bits per heavy atom. The highest BCUT2D eigenvalue weighted by Gasteiger charge is 1.93. The summed E-state index contributed by atoms with van der Waals surface area (Å²) in [5.74, 6) is -0.216. The minimum atomic E-state index is -0.216. The Balaban J connectivity index is 0. The largest absolute Gasteiger partial charge is 0.371 e. The Labute approximate surface area is 61.1 Å². The molecule has 0 fully saturated rings. The molecule has 0 aliphatic heterocycles. The van der Waals surface area contributed by atoms with E-state index in [9.17, 15) is 4.79 Å². The van der Waals surface area contributed by atoms with E-state index < -0.39 is 0 Å². The molecular weight excluding hydrogens is 142 g/mol. The molecule has 0 saturated carbocycles. The van der Waals surface area contributed by atoms with Crippen molar-refractivity contribution in [1.29, 1.82) is 0 Å². The number of carbonyl (C=O) groups excluding carboxylic acids is 1. The fourth-order valence-electron chi connectivity index (χ4n) is 0.225. The first-order chi connectivity index (χ1) is 3.81. The minimum absolute atomic E-state index is 0. The molecule has 0 amide bonds. The van der Waals surface area contributed by atoms with Gasteiger partial charge in [0, 0.05) is 13.0 Å². The van der Waals surface area contributed by atoms with Crippen LogP contribution < -0.4 is 5.48 Å². The first-order valence-corrected chi connectivity index (χ1v) is 2.73. The molecule has 0 spiro atoms. The van der Waals surface area contributed by atoms with Gasteiger partial charge in [0.15, 0.2) is 0 Å². The van der Waals surface area contributed by atoms with Gasteiger partial charge in [0.2, 0.25) is 0 Å². The second-order valence-electron chi connectivity index (χ2n) is 1.33. The molecule has 0 aliphatic rings. The molecule has 0 saturated heterocycles. The van der Waals surface area contributed by atoms with Gasteiger partial charge in [-0.3, -0.25) is 4.79 Å². The van der Waals surface area contributed by atoms with Crippen molar-refractivity contribution >= 4 is 18.4 Å². The summed E-state index contributed by atoms with van der Waals surface area (Å²) in [5.41, 5.74) is 2.45. The molecule has 0 heterocycles. The zero-order valence-corrected chi connectivity index (χ0v) is 6.46. The topological polar surface area (TPSA) is 38.3 Å². The van der Waals surface area contributed by atoms with Crippen LogP contribution in [0.1, 0.15) is 20.3 Å². The van der Waals surface area contributed by atoms with E-state index in [4.69, 9.17) is 0 Å². The summed E-state index contributed by atoms with van der Waals surface area (Å²) >= 11 is 0. The smallest absolute Gasteiger partial charge is 0.324 e. The fourth-order valence-corrected chi connectivity index (χ4v) is 0.225. The van der Waals surface area contributed by atoms with Crippen molar-refractivity contribution in [3.05, 3.63) is 0 Å². The second-order valence-corrected chi connectivity index (χ2v) is 1.33. The lowest BCUT2D eigenvalue weighted by atomic mass is 10.5. The van der Waals surface area contributed by atoms with Crippen LogP contribution in [0.2, 0.25) is 0 Å². The van der Waals surface area contributed by atoms with E-state index in [2.05, 4.69) is 10.3 Å². The number of nitrogens with one attached hydrogen (secondary N) is 1. The maximum atomic E-state index is 10.3. The molecule has 0 aliphatic carbocycles. The fraction of sp³-hybridized carbons (Fsp3) is 0.800. The predicted molar refractivity (Wildman–Crippen MR) is 37.3 cm³/mol. The maximum Gasteiger partial charge on any atom is 0.324 e. The molecule has 0 rings (SSSR count). The average molecular weight is 154 g/mol. The first kappa shape index (κ1) is 11.5. The Morgan fingerprint density at radius 3 is 2.44 bits per heavy atom. The summed E-state index contributed by atoms with van der Waals surface area (Å²) in [6.07, 6.45) is 0.424. The van der Waals surface area contributed by atoms with Gasteiger partial charge in [-0.25, -0.2) is 0 Å². The highest BCUT2D eigenvalue weighted by molar-refractivity contribution is 5.85. The van der Waals surface area contributed by atoms with Gasteiger partial charge in [-0.05, 0) is 6.92 Å². The van der Waals surface area contributed by atoms with Gasteiger partial charge in [0.1, 0.15) is 0 Å². The van der Waals surface area contributed by atoms with Crippen LogP contribution in [0.5, 0.6) is 0 Å². The van der Waals surface area contributed by atoms with Crippen LogP contribution in [0.15, 0.2) is 0 Å². The molecule has 3 nitrogen and oxygen atoms in total. The van der Waals surface area contributed by atoms with Gasteiger partial charge in [0.25, 0.3) is 0 Å². The van der Waals surface area contributed by atoms with Crippen LogP contribution in [0.3, 0.4) is 0 Å². The Hall–Kier alpha value is -0.280. The zero-order chi connectivity index (χ0) is 6.41. The van der Waals surface area contributed by atoms with Crippen LogP contribution >= 0.6 is 12.4 Å². The quantitative estimate of drug-likeness (QED) is 0.612. The third kappa shape index (κ3) is 7.72. The van der Waals surface area contributed by atoms with Gasteiger partial charge in [-0.1, -0.05) is 6.92 Å². The lowest BCUT2D eigenvalue weighted by Crippen LogP contribution is -2.18. The molecule has 1 N–H and O–H groups in total. The molecule has 56 valence electrons. The van der Waals surface area contributed by atoms with E-state index in [1.165, 1.54) is 0 Å². The molecule has 0 aromatic carbocycles. The molecule has 0 unspecified atom stereocenters. The van der Waals surface area contributed by atoms with Crippen molar-refractivity contribution in [2.75, 3.05) is 6.54 Å². The second kappa shape index (κ2) is 7.72.